The first-order chi connectivity index (χ1) is 20.4. The molecule has 0 saturated carbocycles. The van der Waals surface area contributed by atoms with Gasteiger partial charge in [-0.05, 0) is 38.4 Å². The summed E-state index contributed by atoms with van der Waals surface area (Å²) in [6.45, 7) is 5.77. The van der Waals surface area contributed by atoms with Crippen molar-refractivity contribution in [3.05, 3.63) is 35.9 Å². The van der Waals surface area contributed by atoms with Crippen LogP contribution in [-0.4, -0.2) is 98.9 Å². The monoisotopic (exact) mass is 609 g/mol. The van der Waals surface area contributed by atoms with E-state index in [0.717, 1.165) is 60.7 Å². The molecule has 1 aliphatic heterocycles. The van der Waals surface area contributed by atoms with Crippen LogP contribution in [0.1, 0.15) is 58.9 Å². The van der Waals surface area contributed by atoms with Crippen LogP contribution >= 0.6 is 0 Å². The largest absolute Gasteiger partial charge is 0.465 e. The lowest BCUT2D eigenvalue weighted by molar-refractivity contribution is -0.327. The molecule has 2 rings (SSSR count). The van der Waals surface area contributed by atoms with Gasteiger partial charge in [0.05, 0.1) is 20.1 Å². The Labute approximate surface area is 252 Å². The van der Waals surface area contributed by atoms with E-state index in [-0.39, 0.29) is 13.0 Å². The number of hydrogen-bond donors (Lipinski definition) is 0. The average molecular weight is 610 g/mol. The second-order valence-electron chi connectivity index (χ2n) is 10.3. The standard InChI is InChI=1S/C30H43NO12/c1-20(32)38-19-26(41-22(3)34)28-27(42-23(4)35)25(40-21(2)33)17-30(43-28,29(36)37-6)39-16-12-8-11-15-31(5)18-24-13-9-7-10-14-24/h7,9-10,13-14,25-28H,8,11-12,15-19H2,1-6H3. The zero-order valence-electron chi connectivity index (χ0n) is 25.7. The summed E-state index contributed by atoms with van der Waals surface area (Å²) in [6.07, 6.45) is -3.61. The van der Waals surface area contributed by atoms with Gasteiger partial charge in [0.25, 0.3) is 5.79 Å². The van der Waals surface area contributed by atoms with E-state index in [4.69, 9.17) is 33.2 Å². The Kier molecular flexibility index (Phi) is 14.5. The van der Waals surface area contributed by atoms with E-state index in [1.807, 2.05) is 25.2 Å². The van der Waals surface area contributed by atoms with E-state index < -0.39 is 66.7 Å². The van der Waals surface area contributed by atoms with Crippen LogP contribution < -0.4 is 0 Å². The molecule has 0 aliphatic carbocycles. The lowest BCUT2D eigenvalue weighted by atomic mass is 9.91. The smallest absolute Gasteiger partial charge is 0.366 e. The van der Waals surface area contributed by atoms with Crippen LogP contribution in [0.4, 0.5) is 0 Å². The SMILES string of the molecule is COC(=O)C1(OCCCCCN(C)Cc2ccccc2)CC(OC(C)=O)C(OC(C)=O)C(C(COC(C)=O)OC(C)=O)O1. The third kappa shape index (κ3) is 11.9. The molecule has 5 unspecified atom stereocenters. The summed E-state index contributed by atoms with van der Waals surface area (Å²) >= 11 is 0. The predicted molar refractivity (Wildman–Crippen MR) is 150 cm³/mol. The van der Waals surface area contributed by atoms with Crippen molar-refractivity contribution in [2.45, 2.75) is 90.1 Å². The molecule has 13 heteroatoms. The molecule has 1 heterocycles. The van der Waals surface area contributed by atoms with Gasteiger partial charge in [0.1, 0.15) is 18.8 Å². The molecule has 1 aromatic rings. The highest BCUT2D eigenvalue weighted by molar-refractivity contribution is 5.78. The van der Waals surface area contributed by atoms with Gasteiger partial charge >= 0.3 is 29.8 Å². The number of carbonyl (C=O) groups is 5. The van der Waals surface area contributed by atoms with E-state index in [2.05, 4.69) is 17.0 Å². The van der Waals surface area contributed by atoms with E-state index in [9.17, 15) is 24.0 Å². The van der Waals surface area contributed by atoms with Gasteiger partial charge in [-0.2, -0.15) is 0 Å². The molecule has 5 atom stereocenters. The van der Waals surface area contributed by atoms with Crippen LogP contribution in [0.15, 0.2) is 30.3 Å². The van der Waals surface area contributed by atoms with Crippen LogP contribution in [-0.2, 0) is 63.7 Å². The number of unbranched alkanes of at least 4 members (excludes halogenated alkanes) is 2. The average Bonchev–Trinajstić information content (AvgIpc) is 2.93. The Morgan fingerprint density at radius 2 is 1.60 bits per heavy atom. The highest BCUT2D eigenvalue weighted by Crippen LogP contribution is 2.37. The van der Waals surface area contributed by atoms with Crippen LogP contribution in [0.25, 0.3) is 0 Å². The van der Waals surface area contributed by atoms with Crippen molar-refractivity contribution in [1.82, 2.24) is 4.90 Å². The van der Waals surface area contributed by atoms with E-state index >= 15 is 0 Å². The lowest BCUT2D eigenvalue weighted by Crippen LogP contribution is -2.65. The highest BCUT2D eigenvalue weighted by atomic mass is 16.8. The Bertz CT molecular complexity index is 1080. The fourth-order valence-electron chi connectivity index (χ4n) is 4.79. The summed E-state index contributed by atoms with van der Waals surface area (Å²) in [4.78, 5) is 63.0. The van der Waals surface area contributed by atoms with Crippen molar-refractivity contribution >= 4 is 29.8 Å². The van der Waals surface area contributed by atoms with Crippen LogP contribution in [0.2, 0.25) is 0 Å². The number of carbonyl (C=O) groups excluding carboxylic acids is 5. The van der Waals surface area contributed by atoms with Gasteiger partial charge in [0.2, 0.25) is 0 Å². The maximum atomic E-state index is 13.2. The number of esters is 5. The second-order valence-corrected chi connectivity index (χ2v) is 10.3. The molecule has 1 aliphatic rings. The topological polar surface area (TPSA) is 153 Å². The highest BCUT2D eigenvalue weighted by Gasteiger charge is 2.59. The Morgan fingerprint density at radius 3 is 2.19 bits per heavy atom. The molecule has 43 heavy (non-hydrogen) atoms. The molecule has 0 amide bonds. The summed E-state index contributed by atoms with van der Waals surface area (Å²) in [7, 11) is 3.17. The van der Waals surface area contributed by atoms with Gasteiger partial charge in [-0.25, -0.2) is 4.79 Å². The molecular formula is C30H43NO12. The predicted octanol–water partition coefficient (Wildman–Crippen LogP) is 2.32. The molecule has 0 N–H and O–H groups in total. The maximum absolute atomic E-state index is 13.2. The number of methoxy groups -OCH3 is 1. The van der Waals surface area contributed by atoms with E-state index in [0.29, 0.717) is 6.42 Å². The minimum atomic E-state index is -2.12. The molecule has 0 bridgehead atoms. The summed E-state index contributed by atoms with van der Waals surface area (Å²) in [6, 6.07) is 10.1. The number of nitrogens with zero attached hydrogens (tertiary/aromatic N) is 1. The van der Waals surface area contributed by atoms with Gasteiger partial charge in [-0.15, -0.1) is 0 Å². The van der Waals surface area contributed by atoms with E-state index in [1.165, 1.54) is 5.56 Å². The lowest BCUT2D eigenvalue weighted by Gasteiger charge is -2.46. The first-order valence-electron chi connectivity index (χ1n) is 14.1. The van der Waals surface area contributed by atoms with Gasteiger partial charge in [-0.3, -0.25) is 19.2 Å². The molecule has 1 fully saturated rings. The zero-order chi connectivity index (χ0) is 32.0. The summed E-state index contributed by atoms with van der Waals surface area (Å²) in [5.41, 5.74) is 1.22. The summed E-state index contributed by atoms with van der Waals surface area (Å²) in [5, 5.41) is 0. The number of hydrogen-bond acceptors (Lipinski definition) is 13. The fourth-order valence-corrected chi connectivity index (χ4v) is 4.79. The zero-order valence-corrected chi connectivity index (χ0v) is 25.7. The van der Waals surface area contributed by atoms with Gasteiger partial charge in [0, 0.05) is 34.2 Å². The quantitative estimate of drug-likeness (QED) is 0.153. The second kappa shape index (κ2) is 17.5. The van der Waals surface area contributed by atoms with E-state index in [1.54, 1.807) is 0 Å². The van der Waals surface area contributed by atoms with Crippen LogP contribution in [0.5, 0.6) is 0 Å². The molecule has 1 saturated heterocycles. The summed E-state index contributed by atoms with van der Waals surface area (Å²) < 4.78 is 38.4. The summed E-state index contributed by atoms with van der Waals surface area (Å²) in [5.74, 6) is -5.99. The minimum absolute atomic E-state index is 0.0669. The third-order valence-corrected chi connectivity index (χ3v) is 6.55. The number of ether oxygens (including phenoxy) is 7. The molecular weight excluding hydrogens is 566 g/mol. The third-order valence-electron chi connectivity index (χ3n) is 6.55. The molecule has 0 aromatic heterocycles. The van der Waals surface area contributed by atoms with Crippen molar-refractivity contribution < 1.29 is 57.1 Å². The normalized spacial score (nSPS) is 22.3. The molecule has 13 nitrogen and oxygen atoms in total. The fraction of sp³-hybridized carbons (Fsp3) is 0.633. The Hall–Kier alpha value is -3.55. The molecule has 240 valence electrons. The van der Waals surface area contributed by atoms with Crippen molar-refractivity contribution in [2.24, 2.45) is 0 Å². The van der Waals surface area contributed by atoms with Gasteiger partial charge < -0.3 is 38.1 Å². The maximum Gasteiger partial charge on any atom is 0.366 e. The van der Waals surface area contributed by atoms with Crippen molar-refractivity contribution in [3.8, 4) is 0 Å². The van der Waals surface area contributed by atoms with Gasteiger partial charge in [-0.1, -0.05) is 30.3 Å². The first kappa shape index (κ1) is 35.6. The Morgan fingerprint density at radius 1 is 0.930 bits per heavy atom. The van der Waals surface area contributed by atoms with Crippen LogP contribution in [0.3, 0.4) is 0 Å². The minimum Gasteiger partial charge on any atom is -0.465 e. The molecule has 0 radical (unpaired) electrons. The van der Waals surface area contributed by atoms with Crippen LogP contribution in [0, 0.1) is 0 Å². The van der Waals surface area contributed by atoms with Crippen molar-refractivity contribution in [2.75, 3.05) is 33.9 Å². The van der Waals surface area contributed by atoms with Crippen molar-refractivity contribution in [3.63, 3.8) is 0 Å². The van der Waals surface area contributed by atoms with Gasteiger partial charge in [0.15, 0.2) is 12.2 Å². The number of rotatable bonds is 16. The van der Waals surface area contributed by atoms with Crippen molar-refractivity contribution in [1.29, 1.82) is 0 Å². The number of benzene rings is 1. The first-order valence-corrected chi connectivity index (χ1v) is 14.1. The Balaban J connectivity index is 2.22. The molecule has 1 aromatic carbocycles. The molecule has 0 spiro atoms.